The maximum absolute atomic E-state index is 12.2. The highest BCUT2D eigenvalue weighted by Crippen LogP contribution is 2.22. The third kappa shape index (κ3) is 2.96. The Balaban J connectivity index is 2.28. The highest BCUT2D eigenvalue weighted by Gasteiger charge is 2.12. The molecule has 98 valence electrons. The zero-order valence-corrected chi connectivity index (χ0v) is 12.4. The van der Waals surface area contributed by atoms with E-state index in [2.05, 4.69) is 21.2 Å². The summed E-state index contributed by atoms with van der Waals surface area (Å²) in [5.41, 5.74) is 9.64. The first kappa shape index (κ1) is 13.6. The number of hydrogen-bond donors (Lipinski definition) is 2. The largest absolute Gasteiger partial charge is 0.398 e. The molecule has 2 aromatic carbocycles. The lowest BCUT2D eigenvalue weighted by atomic mass is 10.1. The predicted molar refractivity (Wildman–Crippen MR) is 82.4 cm³/mol. The van der Waals surface area contributed by atoms with Crippen LogP contribution in [-0.4, -0.2) is 5.91 Å². The fraction of sp³-hybridized carbons (Fsp3) is 0.133. The van der Waals surface area contributed by atoms with Crippen LogP contribution in [0.25, 0.3) is 0 Å². The number of benzene rings is 2. The van der Waals surface area contributed by atoms with Gasteiger partial charge in [0.1, 0.15) is 0 Å². The number of nitrogens with one attached hydrogen (secondary N) is 1. The van der Waals surface area contributed by atoms with Crippen molar-refractivity contribution in [3.05, 3.63) is 57.6 Å². The molecule has 0 spiro atoms. The minimum atomic E-state index is -0.188. The molecule has 3 nitrogen and oxygen atoms in total. The van der Waals surface area contributed by atoms with E-state index < -0.39 is 0 Å². The second kappa shape index (κ2) is 5.45. The first-order valence-electron chi connectivity index (χ1n) is 5.91. The van der Waals surface area contributed by atoms with Crippen LogP contribution in [0.1, 0.15) is 21.5 Å². The van der Waals surface area contributed by atoms with E-state index in [1.807, 2.05) is 44.2 Å². The van der Waals surface area contributed by atoms with Gasteiger partial charge in [-0.25, -0.2) is 0 Å². The third-order valence-electron chi connectivity index (χ3n) is 3.01. The van der Waals surface area contributed by atoms with Gasteiger partial charge >= 0.3 is 0 Å². The van der Waals surface area contributed by atoms with E-state index in [9.17, 15) is 4.79 Å². The zero-order chi connectivity index (χ0) is 14.0. The quantitative estimate of drug-likeness (QED) is 0.825. The highest BCUT2D eigenvalue weighted by atomic mass is 79.9. The second-order valence-corrected chi connectivity index (χ2v) is 5.37. The fourth-order valence-electron chi connectivity index (χ4n) is 1.84. The molecule has 4 heteroatoms. The van der Waals surface area contributed by atoms with E-state index >= 15 is 0 Å². The summed E-state index contributed by atoms with van der Waals surface area (Å²) in [6.45, 7) is 3.83. The fourth-order valence-corrected chi connectivity index (χ4v) is 2.31. The number of anilines is 2. The number of aryl methyl sites for hydroxylation is 2. The molecule has 1 amide bonds. The molecule has 0 aliphatic carbocycles. The van der Waals surface area contributed by atoms with Gasteiger partial charge in [0, 0.05) is 15.8 Å². The van der Waals surface area contributed by atoms with Crippen LogP contribution in [0, 0.1) is 13.8 Å². The van der Waals surface area contributed by atoms with Gasteiger partial charge in [-0.1, -0.05) is 28.1 Å². The van der Waals surface area contributed by atoms with Gasteiger partial charge in [-0.15, -0.1) is 0 Å². The Labute approximate surface area is 121 Å². The van der Waals surface area contributed by atoms with Gasteiger partial charge in [-0.3, -0.25) is 4.79 Å². The number of hydrogen-bond acceptors (Lipinski definition) is 2. The molecule has 0 aliphatic heterocycles. The number of nitrogen functional groups attached to an aromatic ring is 1. The minimum absolute atomic E-state index is 0.188. The molecule has 0 saturated heterocycles. The number of carbonyl (C=O) groups excluding carboxylic acids is 1. The Morgan fingerprint density at radius 3 is 2.58 bits per heavy atom. The van der Waals surface area contributed by atoms with Gasteiger partial charge in [-0.2, -0.15) is 0 Å². The molecule has 0 aliphatic rings. The Hall–Kier alpha value is -1.81. The van der Waals surface area contributed by atoms with Crippen molar-refractivity contribution >= 4 is 33.2 Å². The molecule has 0 unspecified atom stereocenters. The number of amides is 1. The van der Waals surface area contributed by atoms with E-state index in [0.29, 0.717) is 11.3 Å². The molecule has 0 bridgehead atoms. The third-order valence-corrected chi connectivity index (χ3v) is 3.50. The molecule has 0 fully saturated rings. The number of carbonyl (C=O) groups is 1. The summed E-state index contributed by atoms with van der Waals surface area (Å²) in [6, 6.07) is 11.2. The van der Waals surface area contributed by atoms with Crippen LogP contribution < -0.4 is 11.1 Å². The van der Waals surface area contributed by atoms with Crippen LogP contribution in [-0.2, 0) is 0 Å². The van der Waals surface area contributed by atoms with Crippen LogP contribution in [0.5, 0.6) is 0 Å². The molecular formula is C15H15BrN2O. The van der Waals surface area contributed by atoms with Gasteiger partial charge in [-0.05, 0) is 49.2 Å². The van der Waals surface area contributed by atoms with Crippen molar-refractivity contribution in [2.24, 2.45) is 0 Å². The topological polar surface area (TPSA) is 55.1 Å². The average Bonchev–Trinajstić information content (AvgIpc) is 2.36. The maximum atomic E-state index is 12.2. The number of para-hydroxylation sites is 1. The summed E-state index contributed by atoms with van der Waals surface area (Å²) in [4.78, 5) is 12.2. The Morgan fingerprint density at radius 1 is 1.16 bits per heavy atom. The zero-order valence-electron chi connectivity index (χ0n) is 10.8. The molecular weight excluding hydrogens is 304 g/mol. The lowest BCUT2D eigenvalue weighted by Gasteiger charge is -2.11. The molecule has 0 heterocycles. The van der Waals surface area contributed by atoms with Crippen molar-refractivity contribution in [1.29, 1.82) is 0 Å². The minimum Gasteiger partial charge on any atom is -0.398 e. The molecule has 0 atom stereocenters. The van der Waals surface area contributed by atoms with Gasteiger partial charge in [0.2, 0.25) is 0 Å². The number of nitrogens with two attached hydrogens (primary N) is 1. The first-order chi connectivity index (χ1) is 8.99. The molecule has 3 N–H and O–H groups in total. The van der Waals surface area contributed by atoms with Crippen LogP contribution in [0.4, 0.5) is 11.4 Å². The highest BCUT2D eigenvalue weighted by molar-refractivity contribution is 9.10. The summed E-state index contributed by atoms with van der Waals surface area (Å²) >= 11 is 3.40. The number of halogens is 1. The lowest BCUT2D eigenvalue weighted by molar-refractivity contribution is 0.102. The van der Waals surface area contributed by atoms with E-state index in [-0.39, 0.29) is 5.91 Å². The van der Waals surface area contributed by atoms with Crippen molar-refractivity contribution in [3.8, 4) is 0 Å². The Morgan fingerprint density at radius 2 is 1.89 bits per heavy atom. The maximum Gasteiger partial charge on any atom is 0.257 e. The standard InChI is InChI=1S/C15H15BrN2O/c1-9-4-3-5-12(14(9)17)15(19)18-13-7-6-11(16)8-10(13)2/h3-8H,17H2,1-2H3,(H,18,19). The molecule has 2 aromatic rings. The summed E-state index contributed by atoms with van der Waals surface area (Å²) in [6.07, 6.45) is 0. The smallest absolute Gasteiger partial charge is 0.257 e. The van der Waals surface area contributed by atoms with Gasteiger partial charge in [0.15, 0.2) is 0 Å². The second-order valence-electron chi connectivity index (χ2n) is 4.45. The van der Waals surface area contributed by atoms with Gasteiger partial charge < -0.3 is 11.1 Å². The number of rotatable bonds is 2. The van der Waals surface area contributed by atoms with Crippen LogP contribution >= 0.6 is 15.9 Å². The van der Waals surface area contributed by atoms with E-state index in [0.717, 1.165) is 21.3 Å². The SMILES string of the molecule is Cc1cc(Br)ccc1NC(=O)c1cccc(C)c1N. The Bertz CT molecular complexity index is 638. The van der Waals surface area contributed by atoms with Crippen LogP contribution in [0.15, 0.2) is 40.9 Å². The van der Waals surface area contributed by atoms with Crippen LogP contribution in [0.3, 0.4) is 0 Å². The monoisotopic (exact) mass is 318 g/mol. The molecule has 0 saturated carbocycles. The molecule has 0 radical (unpaired) electrons. The summed E-state index contributed by atoms with van der Waals surface area (Å²) in [7, 11) is 0. The van der Waals surface area contributed by atoms with Crippen molar-refractivity contribution in [2.45, 2.75) is 13.8 Å². The summed E-state index contributed by atoms with van der Waals surface area (Å²) < 4.78 is 0.984. The van der Waals surface area contributed by atoms with E-state index in [1.165, 1.54) is 0 Å². The van der Waals surface area contributed by atoms with Gasteiger partial charge in [0.05, 0.1) is 5.56 Å². The van der Waals surface area contributed by atoms with Crippen molar-refractivity contribution in [2.75, 3.05) is 11.1 Å². The molecule has 2 rings (SSSR count). The van der Waals surface area contributed by atoms with Gasteiger partial charge in [0.25, 0.3) is 5.91 Å². The molecule has 19 heavy (non-hydrogen) atoms. The van der Waals surface area contributed by atoms with Crippen molar-refractivity contribution < 1.29 is 4.79 Å². The summed E-state index contributed by atoms with van der Waals surface area (Å²) in [5, 5.41) is 2.88. The summed E-state index contributed by atoms with van der Waals surface area (Å²) in [5.74, 6) is -0.188. The van der Waals surface area contributed by atoms with Crippen molar-refractivity contribution in [1.82, 2.24) is 0 Å². The molecule has 0 aromatic heterocycles. The first-order valence-corrected chi connectivity index (χ1v) is 6.71. The van der Waals surface area contributed by atoms with Crippen LogP contribution in [0.2, 0.25) is 0 Å². The Kier molecular flexibility index (Phi) is 3.90. The van der Waals surface area contributed by atoms with E-state index in [4.69, 9.17) is 5.73 Å². The normalized spacial score (nSPS) is 10.3. The average molecular weight is 319 g/mol. The predicted octanol–water partition coefficient (Wildman–Crippen LogP) is 3.90. The lowest BCUT2D eigenvalue weighted by Crippen LogP contribution is -2.15. The van der Waals surface area contributed by atoms with E-state index in [1.54, 1.807) is 6.07 Å². The van der Waals surface area contributed by atoms with Crippen molar-refractivity contribution in [3.63, 3.8) is 0 Å².